The lowest BCUT2D eigenvalue weighted by Crippen LogP contribution is -2.16. The van der Waals surface area contributed by atoms with E-state index in [1.807, 2.05) is 4.68 Å². The molecule has 4 nitrogen and oxygen atoms in total. The monoisotopic (exact) mass is 182 g/mol. The zero-order valence-electron chi connectivity index (χ0n) is 8.40. The average molecular weight is 182 g/mol. The van der Waals surface area contributed by atoms with Crippen molar-refractivity contribution >= 4 is 0 Å². The van der Waals surface area contributed by atoms with Gasteiger partial charge in [-0.15, -0.1) is 5.10 Å². The van der Waals surface area contributed by atoms with E-state index in [1.165, 1.54) is 0 Å². The maximum Gasteiger partial charge on any atom is 0.0754 e. The summed E-state index contributed by atoms with van der Waals surface area (Å²) in [5.41, 5.74) is 7.04. The zero-order chi connectivity index (χ0) is 9.68. The molecule has 0 radical (unpaired) electrons. The van der Waals surface area contributed by atoms with E-state index in [2.05, 4.69) is 24.2 Å². The van der Waals surface area contributed by atoms with E-state index >= 15 is 0 Å². The molecule has 2 N–H and O–H groups in total. The van der Waals surface area contributed by atoms with Crippen molar-refractivity contribution in [1.82, 2.24) is 15.0 Å². The Kier molecular flexibility index (Phi) is 3.89. The van der Waals surface area contributed by atoms with Crippen LogP contribution in [-0.4, -0.2) is 15.0 Å². The van der Waals surface area contributed by atoms with Crippen LogP contribution < -0.4 is 5.73 Å². The summed E-state index contributed by atoms with van der Waals surface area (Å²) in [5, 5.41) is 7.87. The van der Waals surface area contributed by atoms with Crippen LogP contribution in [0.3, 0.4) is 0 Å². The summed E-state index contributed by atoms with van der Waals surface area (Å²) in [5.74, 6) is 0. The molecule has 13 heavy (non-hydrogen) atoms. The van der Waals surface area contributed by atoms with Crippen LogP contribution >= 0.6 is 0 Å². The zero-order valence-corrected chi connectivity index (χ0v) is 8.40. The summed E-state index contributed by atoms with van der Waals surface area (Å²) >= 11 is 0. The first-order valence-corrected chi connectivity index (χ1v) is 4.93. The number of nitrogens with zero attached hydrogens (tertiary/aromatic N) is 3. The Morgan fingerprint density at radius 3 is 2.85 bits per heavy atom. The average Bonchev–Trinajstić information content (AvgIpc) is 2.54. The molecule has 4 heteroatoms. The van der Waals surface area contributed by atoms with Crippen LogP contribution in [0.2, 0.25) is 0 Å². The van der Waals surface area contributed by atoms with Gasteiger partial charge in [-0.25, -0.2) is 4.68 Å². The fraction of sp³-hybridized carbons (Fsp3) is 0.778. The van der Waals surface area contributed by atoms with Gasteiger partial charge in [0.15, 0.2) is 0 Å². The van der Waals surface area contributed by atoms with E-state index in [4.69, 9.17) is 5.73 Å². The molecule has 1 atom stereocenters. The molecular weight excluding hydrogens is 164 g/mol. The predicted octanol–water partition coefficient (Wildman–Crippen LogP) is 1.49. The van der Waals surface area contributed by atoms with Gasteiger partial charge >= 0.3 is 0 Å². The Morgan fingerprint density at radius 1 is 1.46 bits per heavy atom. The summed E-state index contributed by atoms with van der Waals surface area (Å²) in [6.45, 7) is 5.16. The summed E-state index contributed by atoms with van der Waals surface area (Å²) < 4.78 is 1.90. The van der Waals surface area contributed by atoms with Crippen molar-refractivity contribution < 1.29 is 0 Å². The molecule has 1 rings (SSSR count). The molecule has 0 aromatic carbocycles. The van der Waals surface area contributed by atoms with E-state index < -0.39 is 0 Å². The molecule has 0 aliphatic carbocycles. The van der Waals surface area contributed by atoms with Crippen LogP contribution in [0.4, 0.5) is 0 Å². The van der Waals surface area contributed by atoms with Crippen molar-refractivity contribution in [2.45, 2.75) is 45.7 Å². The summed E-state index contributed by atoms with van der Waals surface area (Å²) in [7, 11) is 0. The van der Waals surface area contributed by atoms with Crippen LogP contribution in [0, 0.1) is 0 Å². The van der Waals surface area contributed by atoms with E-state index in [0.717, 1.165) is 31.5 Å². The summed E-state index contributed by atoms with van der Waals surface area (Å²) in [6.07, 6.45) is 4.93. The molecule has 0 amide bonds. The van der Waals surface area contributed by atoms with Crippen molar-refractivity contribution in [3.05, 3.63) is 11.9 Å². The first kappa shape index (κ1) is 10.2. The van der Waals surface area contributed by atoms with Crippen molar-refractivity contribution in [3.63, 3.8) is 0 Å². The molecule has 0 saturated heterocycles. The van der Waals surface area contributed by atoms with E-state index in [9.17, 15) is 0 Å². The third kappa shape index (κ3) is 2.52. The number of rotatable bonds is 5. The maximum atomic E-state index is 5.98. The highest BCUT2D eigenvalue weighted by Crippen LogP contribution is 2.13. The van der Waals surface area contributed by atoms with Gasteiger partial charge in [0.2, 0.25) is 0 Å². The predicted molar refractivity (Wildman–Crippen MR) is 52.1 cm³/mol. The molecule has 0 saturated carbocycles. The van der Waals surface area contributed by atoms with Crippen molar-refractivity contribution in [3.8, 4) is 0 Å². The standard InChI is InChI=1S/C9H18N4/c1-3-5-8(10)9-7-11-12-13(9)6-4-2/h7-8H,3-6,10H2,1-2H3. The molecule has 0 aliphatic rings. The lowest BCUT2D eigenvalue weighted by atomic mass is 10.1. The second-order valence-corrected chi connectivity index (χ2v) is 3.28. The molecular formula is C9H18N4. The molecule has 0 spiro atoms. The van der Waals surface area contributed by atoms with Gasteiger partial charge in [0.25, 0.3) is 0 Å². The van der Waals surface area contributed by atoms with Crippen LogP contribution in [0.25, 0.3) is 0 Å². The second kappa shape index (κ2) is 4.97. The maximum absolute atomic E-state index is 5.98. The molecule has 1 aromatic heterocycles. The van der Waals surface area contributed by atoms with Gasteiger partial charge in [0, 0.05) is 12.6 Å². The van der Waals surface area contributed by atoms with Gasteiger partial charge in [-0.3, -0.25) is 0 Å². The molecule has 74 valence electrons. The second-order valence-electron chi connectivity index (χ2n) is 3.28. The molecule has 0 bridgehead atoms. The number of aromatic nitrogens is 3. The SMILES string of the molecule is CCCC(N)c1cnnn1CCC. The van der Waals surface area contributed by atoms with Crippen LogP contribution in [0.15, 0.2) is 6.20 Å². The van der Waals surface area contributed by atoms with E-state index in [-0.39, 0.29) is 6.04 Å². The third-order valence-corrected chi connectivity index (χ3v) is 2.06. The molecule has 1 aromatic rings. The summed E-state index contributed by atoms with van der Waals surface area (Å²) in [6, 6.07) is 0.0894. The van der Waals surface area contributed by atoms with Crippen molar-refractivity contribution in [2.24, 2.45) is 5.73 Å². The lowest BCUT2D eigenvalue weighted by Gasteiger charge is -2.11. The molecule has 0 aliphatic heterocycles. The topological polar surface area (TPSA) is 56.7 Å². The fourth-order valence-corrected chi connectivity index (χ4v) is 1.40. The molecule has 1 heterocycles. The molecule has 1 unspecified atom stereocenters. The number of hydrogen-bond acceptors (Lipinski definition) is 3. The normalized spacial score (nSPS) is 13.2. The van der Waals surface area contributed by atoms with E-state index in [0.29, 0.717) is 0 Å². The first-order valence-electron chi connectivity index (χ1n) is 4.93. The van der Waals surface area contributed by atoms with Gasteiger partial charge in [-0.2, -0.15) is 0 Å². The van der Waals surface area contributed by atoms with Crippen molar-refractivity contribution in [2.75, 3.05) is 0 Å². The number of hydrogen-bond donors (Lipinski definition) is 1. The van der Waals surface area contributed by atoms with Gasteiger partial charge in [0.05, 0.1) is 11.9 Å². The highest BCUT2D eigenvalue weighted by Gasteiger charge is 2.10. The summed E-state index contributed by atoms with van der Waals surface area (Å²) in [4.78, 5) is 0. The van der Waals surface area contributed by atoms with Gasteiger partial charge in [-0.1, -0.05) is 25.5 Å². The Labute approximate surface area is 79.1 Å². The first-order chi connectivity index (χ1) is 6.29. The van der Waals surface area contributed by atoms with Crippen LogP contribution in [0.5, 0.6) is 0 Å². The minimum atomic E-state index is 0.0894. The molecule has 0 fully saturated rings. The highest BCUT2D eigenvalue weighted by atomic mass is 15.4. The van der Waals surface area contributed by atoms with Crippen LogP contribution in [-0.2, 0) is 6.54 Å². The van der Waals surface area contributed by atoms with Gasteiger partial charge < -0.3 is 5.73 Å². The largest absolute Gasteiger partial charge is 0.323 e. The minimum absolute atomic E-state index is 0.0894. The fourth-order valence-electron chi connectivity index (χ4n) is 1.40. The van der Waals surface area contributed by atoms with E-state index in [1.54, 1.807) is 6.20 Å². The smallest absolute Gasteiger partial charge is 0.0754 e. The Bertz CT molecular complexity index is 244. The quantitative estimate of drug-likeness (QED) is 0.750. The van der Waals surface area contributed by atoms with Crippen LogP contribution in [0.1, 0.15) is 44.8 Å². The van der Waals surface area contributed by atoms with Gasteiger partial charge in [0.1, 0.15) is 0 Å². The highest BCUT2D eigenvalue weighted by molar-refractivity contribution is 5.00. The number of nitrogens with two attached hydrogens (primary N) is 1. The minimum Gasteiger partial charge on any atom is -0.323 e. The lowest BCUT2D eigenvalue weighted by molar-refractivity contribution is 0.511. The third-order valence-electron chi connectivity index (χ3n) is 2.06. The van der Waals surface area contributed by atoms with Crippen molar-refractivity contribution in [1.29, 1.82) is 0 Å². The Hall–Kier alpha value is -0.900. The number of aryl methyl sites for hydroxylation is 1. The van der Waals surface area contributed by atoms with Gasteiger partial charge in [-0.05, 0) is 12.8 Å². The Morgan fingerprint density at radius 2 is 2.23 bits per heavy atom. The Balaban J connectivity index is 2.68.